The number of alkyl halides is 2. The summed E-state index contributed by atoms with van der Waals surface area (Å²) < 4.78 is 29.3. The van der Waals surface area contributed by atoms with Crippen molar-refractivity contribution >= 4 is 5.91 Å². The summed E-state index contributed by atoms with van der Waals surface area (Å²) in [5.41, 5.74) is -1.15. The highest BCUT2D eigenvalue weighted by molar-refractivity contribution is 5.94. The molecule has 22 heavy (non-hydrogen) atoms. The third-order valence-electron chi connectivity index (χ3n) is 3.63. The topological polar surface area (TPSA) is 71.5 Å². The van der Waals surface area contributed by atoms with Gasteiger partial charge in [-0.05, 0) is 25.0 Å². The lowest BCUT2D eigenvalue weighted by Crippen LogP contribution is -2.45. The second kappa shape index (κ2) is 8.03. The van der Waals surface area contributed by atoms with E-state index >= 15 is 0 Å². The first-order chi connectivity index (χ1) is 10.3. The summed E-state index contributed by atoms with van der Waals surface area (Å²) in [5.74, 6) is -0.594. The molecule has 1 amide bonds. The van der Waals surface area contributed by atoms with Crippen LogP contribution in [-0.2, 0) is 0 Å². The lowest BCUT2D eigenvalue weighted by molar-refractivity contribution is 0.00582. The Labute approximate surface area is 128 Å². The van der Waals surface area contributed by atoms with Gasteiger partial charge in [0.15, 0.2) is 11.4 Å². The molecule has 2 N–H and O–H groups in total. The smallest absolute Gasteiger partial charge is 0.273 e. The minimum atomic E-state index is -2.64. The quantitative estimate of drug-likeness (QED) is 0.771. The van der Waals surface area contributed by atoms with Crippen molar-refractivity contribution in [2.45, 2.75) is 39.2 Å². The largest absolute Gasteiger partial charge is 0.485 e. The second-order valence-corrected chi connectivity index (χ2v) is 5.40. The van der Waals surface area contributed by atoms with Gasteiger partial charge >= 0.3 is 0 Å². The number of hydrogen-bond acceptors (Lipinski definition) is 4. The van der Waals surface area contributed by atoms with E-state index in [1.165, 1.54) is 18.3 Å². The molecule has 0 aliphatic carbocycles. The number of carbonyl (C=O) groups excluding carboxylic acids is 1. The molecule has 0 fully saturated rings. The maximum Gasteiger partial charge on any atom is 0.273 e. The first-order valence-corrected chi connectivity index (χ1v) is 7.14. The zero-order valence-electron chi connectivity index (χ0n) is 13.0. The Bertz CT molecular complexity index is 495. The molecule has 2 unspecified atom stereocenters. The van der Waals surface area contributed by atoms with E-state index in [0.717, 1.165) is 6.42 Å². The molecule has 1 aromatic rings. The lowest BCUT2D eigenvalue weighted by Gasteiger charge is -2.29. The van der Waals surface area contributed by atoms with Crippen molar-refractivity contribution in [3.05, 3.63) is 24.0 Å². The molecule has 0 radical (unpaired) electrons. The van der Waals surface area contributed by atoms with Gasteiger partial charge in [0, 0.05) is 12.7 Å². The summed E-state index contributed by atoms with van der Waals surface area (Å²) in [7, 11) is 0. The van der Waals surface area contributed by atoms with Crippen LogP contribution in [0.15, 0.2) is 18.3 Å². The summed E-state index contributed by atoms with van der Waals surface area (Å²) in [6.07, 6.45) is -0.506. The predicted octanol–water partition coefficient (Wildman–Crippen LogP) is 2.25. The molecule has 0 aliphatic heterocycles. The fraction of sp³-hybridized carbons (Fsp3) is 0.600. The molecular weight excluding hydrogens is 294 g/mol. The Morgan fingerprint density at radius 3 is 2.82 bits per heavy atom. The highest BCUT2D eigenvalue weighted by atomic mass is 19.3. The van der Waals surface area contributed by atoms with Crippen LogP contribution >= 0.6 is 0 Å². The Hall–Kier alpha value is -1.76. The normalized spacial score (nSPS) is 15.2. The van der Waals surface area contributed by atoms with E-state index in [4.69, 9.17) is 4.74 Å². The minimum Gasteiger partial charge on any atom is -0.485 e. The molecule has 0 aliphatic rings. The van der Waals surface area contributed by atoms with Gasteiger partial charge in [-0.1, -0.05) is 20.3 Å². The van der Waals surface area contributed by atoms with Crippen molar-refractivity contribution in [3.63, 3.8) is 0 Å². The van der Waals surface area contributed by atoms with E-state index in [-0.39, 0.29) is 23.9 Å². The van der Waals surface area contributed by atoms with Crippen LogP contribution in [0, 0.1) is 5.92 Å². The van der Waals surface area contributed by atoms with Gasteiger partial charge in [0.25, 0.3) is 12.3 Å². The van der Waals surface area contributed by atoms with E-state index in [1.807, 2.05) is 13.8 Å². The molecule has 0 spiro atoms. The molecule has 0 saturated heterocycles. The number of carbonyl (C=O) groups is 1. The van der Waals surface area contributed by atoms with Crippen molar-refractivity contribution in [2.24, 2.45) is 5.92 Å². The number of nitrogens with zero attached hydrogens (tertiary/aromatic N) is 1. The van der Waals surface area contributed by atoms with Gasteiger partial charge in [-0.15, -0.1) is 0 Å². The Kier molecular flexibility index (Phi) is 6.67. The predicted molar refractivity (Wildman–Crippen MR) is 78.1 cm³/mol. The van der Waals surface area contributed by atoms with Crippen LogP contribution in [0.2, 0.25) is 0 Å². The third kappa shape index (κ3) is 5.22. The molecule has 0 aromatic carbocycles. The summed E-state index contributed by atoms with van der Waals surface area (Å²) in [4.78, 5) is 16.0. The number of pyridine rings is 1. The first-order valence-electron chi connectivity index (χ1n) is 7.14. The SMILES string of the molecule is CCC(C)C(C)(O)CNC(=O)c1ncccc1OCC(F)F. The molecule has 124 valence electrons. The van der Waals surface area contributed by atoms with Crippen molar-refractivity contribution in [1.29, 1.82) is 0 Å². The monoisotopic (exact) mass is 316 g/mol. The molecular formula is C15H22F2N2O3. The van der Waals surface area contributed by atoms with E-state index in [0.29, 0.717) is 0 Å². The number of rotatable bonds is 8. The first kappa shape index (κ1) is 18.3. The molecule has 1 rings (SSSR count). The van der Waals surface area contributed by atoms with Crippen LogP contribution in [0.1, 0.15) is 37.7 Å². The van der Waals surface area contributed by atoms with Crippen molar-refractivity contribution in [1.82, 2.24) is 10.3 Å². The molecule has 1 heterocycles. The Morgan fingerprint density at radius 1 is 1.55 bits per heavy atom. The molecule has 7 heteroatoms. The van der Waals surface area contributed by atoms with Crippen LogP contribution < -0.4 is 10.1 Å². The zero-order chi connectivity index (χ0) is 16.8. The van der Waals surface area contributed by atoms with E-state index < -0.39 is 24.5 Å². The van der Waals surface area contributed by atoms with Gasteiger partial charge in [0.2, 0.25) is 0 Å². The second-order valence-electron chi connectivity index (χ2n) is 5.40. The fourth-order valence-corrected chi connectivity index (χ4v) is 1.79. The molecule has 2 atom stereocenters. The van der Waals surface area contributed by atoms with Gasteiger partial charge < -0.3 is 15.2 Å². The van der Waals surface area contributed by atoms with Gasteiger partial charge in [-0.25, -0.2) is 13.8 Å². The van der Waals surface area contributed by atoms with Crippen LogP contribution in [0.4, 0.5) is 8.78 Å². The third-order valence-corrected chi connectivity index (χ3v) is 3.63. The summed E-state index contributed by atoms with van der Waals surface area (Å²) in [5, 5.41) is 12.8. The van der Waals surface area contributed by atoms with Gasteiger partial charge in [-0.2, -0.15) is 0 Å². The highest BCUT2D eigenvalue weighted by Crippen LogP contribution is 2.20. The number of ether oxygens (including phenoxy) is 1. The Balaban J connectivity index is 2.73. The average molecular weight is 316 g/mol. The zero-order valence-corrected chi connectivity index (χ0v) is 13.0. The minimum absolute atomic E-state index is 0.00825. The number of aliphatic hydroxyl groups is 1. The maximum absolute atomic E-state index is 12.2. The average Bonchev–Trinajstić information content (AvgIpc) is 2.50. The molecule has 0 bridgehead atoms. The van der Waals surface area contributed by atoms with Crippen molar-refractivity contribution in [2.75, 3.05) is 13.2 Å². The van der Waals surface area contributed by atoms with Gasteiger partial charge in [0.1, 0.15) is 6.61 Å². The molecule has 0 saturated carbocycles. The number of amides is 1. The standard InChI is InChI=1S/C15H22F2N2O3/c1-4-10(2)15(3,21)9-19-14(20)13-11(6-5-7-18-13)22-8-12(16)17/h5-7,10,12,21H,4,8-9H2,1-3H3,(H,19,20). The summed E-state index contributed by atoms with van der Waals surface area (Å²) in [6.45, 7) is 4.68. The van der Waals surface area contributed by atoms with Crippen LogP contribution in [0.5, 0.6) is 5.75 Å². The van der Waals surface area contributed by atoms with E-state index in [2.05, 4.69) is 10.3 Å². The summed E-state index contributed by atoms with van der Waals surface area (Å²) >= 11 is 0. The fourth-order valence-electron chi connectivity index (χ4n) is 1.79. The number of nitrogens with one attached hydrogen (secondary N) is 1. The van der Waals surface area contributed by atoms with Crippen LogP contribution in [0.3, 0.4) is 0 Å². The van der Waals surface area contributed by atoms with Crippen molar-refractivity contribution in [3.8, 4) is 5.75 Å². The maximum atomic E-state index is 12.2. The lowest BCUT2D eigenvalue weighted by atomic mass is 9.88. The van der Waals surface area contributed by atoms with Gasteiger partial charge in [0.05, 0.1) is 5.60 Å². The Morgan fingerprint density at radius 2 is 2.23 bits per heavy atom. The number of halogens is 2. The number of hydrogen-bond donors (Lipinski definition) is 2. The van der Waals surface area contributed by atoms with Crippen LogP contribution in [-0.4, -0.2) is 41.2 Å². The highest BCUT2D eigenvalue weighted by Gasteiger charge is 2.28. The molecule has 1 aromatic heterocycles. The molecule has 5 nitrogen and oxygen atoms in total. The van der Waals surface area contributed by atoms with Crippen molar-refractivity contribution < 1.29 is 23.4 Å². The summed E-state index contributed by atoms with van der Waals surface area (Å²) in [6, 6.07) is 2.89. The van der Waals surface area contributed by atoms with E-state index in [9.17, 15) is 18.7 Å². The number of aromatic nitrogens is 1. The van der Waals surface area contributed by atoms with Crippen LogP contribution in [0.25, 0.3) is 0 Å². The van der Waals surface area contributed by atoms with E-state index in [1.54, 1.807) is 6.92 Å². The van der Waals surface area contributed by atoms with Gasteiger partial charge in [-0.3, -0.25) is 4.79 Å².